The van der Waals surface area contributed by atoms with E-state index in [1.54, 1.807) is 0 Å². The number of benzene rings is 1. The lowest BCUT2D eigenvalue weighted by Crippen LogP contribution is -2.39. The van der Waals surface area contributed by atoms with E-state index in [2.05, 4.69) is 23.1 Å². The Bertz CT molecular complexity index is 509. The molecule has 1 aliphatic carbocycles. The zero-order valence-electron chi connectivity index (χ0n) is 12.5. The van der Waals surface area contributed by atoms with E-state index in [1.807, 2.05) is 18.2 Å². The molecule has 1 aromatic rings. The molecule has 1 saturated heterocycles. The van der Waals surface area contributed by atoms with E-state index >= 15 is 0 Å². The van der Waals surface area contributed by atoms with Gasteiger partial charge in [0, 0.05) is 25.2 Å². The van der Waals surface area contributed by atoms with Crippen molar-refractivity contribution in [1.29, 1.82) is 0 Å². The minimum absolute atomic E-state index is 0.00165. The van der Waals surface area contributed by atoms with Crippen molar-refractivity contribution in [3.05, 3.63) is 42.2 Å². The van der Waals surface area contributed by atoms with Crippen LogP contribution in [0.2, 0.25) is 0 Å². The largest absolute Gasteiger partial charge is 0.431 e. The number of hydrogen-bond acceptors (Lipinski definition) is 3. The Hall–Kier alpha value is -1.77. The van der Waals surface area contributed by atoms with Gasteiger partial charge in [0.05, 0.1) is 5.92 Å². The molecule has 0 spiro atoms. The third-order valence-electron chi connectivity index (χ3n) is 4.36. The molecule has 1 atom stereocenters. The van der Waals surface area contributed by atoms with Crippen LogP contribution >= 0.6 is 0 Å². The summed E-state index contributed by atoms with van der Waals surface area (Å²) in [5.74, 6) is 0.855. The zero-order chi connectivity index (χ0) is 14.5. The monoisotopic (exact) mass is 285 g/mol. The Morgan fingerprint density at radius 2 is 2.00 bits per heavy atom. The molecule has 0 N–H and O–H groups in total. The summed E-state index contributed by atoms with van der Waals surface area (Å²) in [5, 5.41) is 0. The van der Waals surface area contributed by atoms with Gasteiger partial charge in [-0.3, -0.25) is 4.79 Å². The van der Waals surface area contributed by atoms with E-state index in [0.29, 0.717) is 0 Å². The average Bonchev–Trinajstić information content (AvgIpc) is 2.57. The van der Waals surface area contributed by atoms with Crippen LogP contribution in [0.5, 0.6) is 0 Å². The number of anilines is 1. The van der Waals surface area contributed by atoms with Crippen molar-refractivity contribution in [1.82, 2.24) is 0 Å². The summed E-state index contributed by atoms with van der Waals surface area (Å²) < 4.78 is 5.61. The van der Waals surface area contributed by atoms with Gasteiger partial charge < -0.3 is 9.64 Å². The maximum atomic E-state index is 12.4. The number of carbonyl (C=O) groups is 1. The Morgan fingerprint density at radius 1 is 1.14 bits per heavy atom. The fourth-order valence-electron chi connectivity index (χ4n) is 3.16. The highest BCUT2D eigenvalue weighted by Gasteiger charge is 2.28. The van der Waals surface area contributed by atoms with Gasteiger partial charge in [0.1, 0.15) is 5.76 Å². The smallest absolute Gasteiger partial charge is 0.315 e. The lowest BCUT2D eigenvalue weighted by atomic mass is 9.97. The predicted molar refractivity (Wildman–Crippen MR) is 84.0 cm³/mol. The predicted octanol–water partition coefficient (Wildman–Crippen LogP) is 3.90. The average molecular weight is 285 g/mol. The molecule has 2 aliphatic rings. The first-order valence-corrected chi connectivity index (χ1v) is 8.03. The van der Waals surface area contributed by atoms with Gasteiger partial charge in [-0.25, -0.2) is 0 Å². The first-order chi connectivity index (χ1) is 10.3. The van der Waals surface area contributed by atoms with E-state index < -0.39 is 0 Å². The van der Waals surface area contributed by atoms with Gasteiger partial charge in [0.2, 0.25) is 0 Å². The number of rotatable bonds is 3. The number of nitrogens with zero attached hydrogens (tertiary/aromatic N) is 1. The molecular formula is C18H23NO2. The van der Waals surface area contributed by atoms with E-state index in [0.717, 1.165) is 51.0 Å². The summed E-state index contributed by atoms with van der Waals surface area (Å²) in [6, 6.07) is 10.3. The maximum Gasteiger partial charge on any atom is 0.315 e. The standard InChI is InChI=1S/C18H23NO2/c20-18(21-17-11-5-2-6-12-17)15-8-7-13-19(14-15)16-9-3-1-4-10-16/h1,3-4,9-11,15H,2,5-8,12-14H2. The van der Waals surface area contributed by atoms with Crippen molar-refractivity contribution in [3.8, 4) is 0 Å². The lowest BCUT2D eigenvalue weighted by Gasteiger charge is -2.33. The number of ether oxygens (including phenoxy) is 1. The molecule has 0 amide bonds. The Balaban J connectivity index is 1.60. The molecule has 3 heteroatoms. The molecule has 0 bridgehead atoms. The summed E-state index contributed by atoms with van der Waals surface area (Å²) in [7, 11) is 0. The number of hydrogen-bond donors (Lipinski definition) is 0. The lowest BCUT2D eigenvalue weighted by molar-refractivity contribution is -0.144. The molecule has 21 heavy (non-hydrogen) atoms. The Labute approximate surface area is 126 Å². The van der Waals surface area contributed by atoms with Crippen LogP contribution in [-0.4, -0.2) is 19.1 Å². The molecule has 112 valence electrons. The van der Waals surface area contributed by atoms with Gasteiger partial charge in [-0.1, -0.05) is 18.2 Å². The second-order valence-corrected chi connectivity index (χ2v) is 5.96. The van der Waals surface area contributed by atoms with Gasteiger partial charge in [-0.05, 0) is 50.3 Å². The molecule has 3 rings (SSSR count). The van der Waals surface area contributed by atoms with Crippen LogP contribution in [0.1, 0.15) is 38.5 Å². The van der Waals surface area contributed by atoms with Gasteiger partial charge >= 0.3 is 5.97 Å². The summed E-state index contributed by atoms with van der Waals surface area (Å²) in [6.45, 7) is 1.80. The minimum atomic E-state index is -0.0382. The first-order valence-electron chi connectivity index (χ1n) is 8.03. The molecule has 1 aromatic carbocycles. The quantitative estimate of drug-likeness (QED) is 0.789. The number of allylic oxidation sites excluding steroid dienone is 2. The van der Waals surface area contributed by atoms with Crippen molar-refractivity contribution in [2.75, 3.05) is 18.0 Å². The summed E-state index contributed by atoms with van der Waals surface area (Å²) in [4.78, 5) is 14.6. The molecule has 1 aliphatic heterocycles. The normalized spacial score (nSPS) is 22.6. The Kier molecular flexibility index (Phi) is 4.59. The van der Waals surface area contributed by atoms with Crippen molar-refractivity contribution in [3.63, 3.8) is 0 Å². The number of para-hydroxylation sites is 1. The van der Waals surface area contributed by atoms with Crippen LogP contribution in [0, 0.1) is 5.92 Å². The third-order valence-corrected chi connectivity index (χ3v) is 4.36. The fourth-order valence-corrected chi connectivity index (χ4v) is 3.16. The molecule has 0 radical (unpaired) electrons. The van der Waals surface area contributed by atoms with Crippen LogP contribution in [0.3, 0.4) is 0 Å². The second kappa shape index (κ2) is 6.79. The summed E-state index contributed by atoms with van der Waals surface area (Å²) in [6.07, 6.45) is 8.39. The molecule has 3 nitrogen and oxygen atoms in total. The summed E-state index contributed by atoms with van der Waals surface area (Å²) in [5.41, 5.74) is 1.20. The molecule has 0 saturated carbocycles. The van der Waals surface area contributed by atoms with Crippen molar-refractivity contribution >= 4 is 11.7 Å². The zero-order valence-corrected chi connectivity index (χ0v) is 12.5. The SMILES string of the molecule is O=C(OC1=CCCCC1)C1CCCN(c2ccccc2)C1. The van der Waals surface area contributed by atoms with Gasteiger partial charge in [0.15, 0.2) is 0 Å². The van der Waals surface area contributed by atoms with Crippen LogP contribution in [0.25, 0.3) is 0 Å². The van der Waals surface area contributed by atoms with E-state index in [4.69, 9.17) is 4.74 Å². The molecule has 1 unspecified atom stereocenters. The van der Waals surface area contributed by atoms with E-state index in [1.165, 1.54) is 12.1 Å². The molecule has 0 aromatic heterocycles. The highest BCUT2D eigenvalue weighted by Crippen LogP contribution is 2.26. The van der Waals surface area contributed by atoms with Crippen molar-refractivity contribution in [2.24, 2.45) is 5.92 Å². The highest BCUT2D eigenvalue weighted by molar-refractivity contribution is 5.74. The Morgan fingerprint density at radius 3 is 2.76 bits per heavy atom. The number of esters is 1. The first kappa shape index (κ1) is 14.2. The topological polar surface area (TPSA) is 29.5 Å². The highest BCUT2D eigenvalue weighted by atomic mass is 16.5. The minimum Gasteiger partial charge on any atom is -0.431 e. The molecular weight excluding hydrogens is 262 g/mol. The van der Waals surface area contributed by atoms with Crippen molar-refractivity contribution in [2.45, 2.75) is 38.5 Å². The number of piperidine rings is 1. The van der Waals surface area contributed by atoms with Crippen LogP contribution in [0.15, 0.2) is 42.2 Å². The number of carbonyl (C=O) groups excluding carboxylic acids is 1. The van der Waals surface area contributed by atoms with Gasteiger partial charge in [-0.2, -0.15) is 0 Å². The van der Waals surface area contributed by atoms with Crippen LogP contribution in [-0.2, 0) is 9.53 Å². The maximum absolute atomic E-state index is 12.4. The second-order valence-electron chi connectivity index (χ2n) is 5.96. The van der Waals surface area contributed by atoms with Gasteiger partial charge in [0.25, 0.3) is 0 Å². The third kappa shape index (κ3) is 3.66. The van der Waals surface area contributed by atoms with Gasteiger partial charge in [-0.15, -0.1) is 0 Å². The van der Waals surface area contributed by atoms with Crippen LogP contribution < -0.4 is 4.90 Å². The fraction of sp³-hybridized carbons (Fsp3) is 0.500. The summed E-state index contributed by atoms with van der Waals surface area (Å²) >= 11 is 0. The van der Waals surface area contributed by atoms with E-state index in [9.17, 15) is 4.79 Å². The van der Waals surface area contributed by atoms with Crippen molar-refractivity contribution < 1.29 is 9.53 Å². The van der Waals surface area contributed by atoms with Crippen LogP contribution in [0.4, 0.5) is 5.69 Å². The molecule has 1 heterocycles. The van der Waals surface area contributed by atoms with E-state index in [-0.39, 0.29) is 11.9 Å². The molecule has 1 fully saturated rings.